The van der Waals surface area contributed by atoms with Crippen LogP contribution in [0.5, 0.6) is 0 Å². The fraction of sp³-hybridized carbons (Fsp3) is 0.625. The Morgan fingerprint density at radius 2 is 1.89 bits per heavy atom. The molecule has 19 heavy (non-hydrogen) atoms. The molecule has 108 valence electrons. The highest BCUT2D eigenvalue weighted by Gasteiger charge is 2.22. The van der Waals surface area contributed by atoms with E-state index in [0.29, 0.717) is 18.5 Å². The summed E-state index contributed by atoms with van der Waals surface area (Å²) >= 11 is 3.67. The molecule has 2 N–H and O–H groups in total. The molecule has 2 nitrogen and oxygen atoms in total. The van der Waals surface area contributed by atoms with Gasteiger partial charge in [0, 0.05) is 23.1 Å². The van der Waals surface area contributed by atoms with Crippen LogP contribution in [0, 0.1) is 12.8 Å². The third kappa shape index (κ3) is 4.59. The first-order chi connectivity index (χ1) is 8.86. The largest absolute Gasteiger partial charge is 0.329 e. The second-order valence-electron chi connectivity index (χ2n) is 5.92. The molecule has 2 atom stereocenters. The number of nitrogens with zero attached hydrogens (tertiary/aromatic N) is 1. The smallest absolute Gasteiger partial charge is 0.0481 e. The average molecular weight is 327 g/mol. The zero-order valence-electron chi connectivity index (χ0n) is 12.8. The van der Waals surface area contributed by atoms with Gasteiger partial charge in [-0.05, 0) is 50.4 Å². The van der Waals surface area contributed by atoms with Crippen LogP contribution in [0.25, 0.3) is 0 Å². The standard InChI is InChI=1S/C16H27BrN2/c1-11(2)8-13(4)19(5)16(10-18)14-7-6-12(3)9-15(14)17/h6-7,9,11,13,16H,8,10,18H2,1-5H3. The molecule has 1 rings (SSSR count). The predicted molar refractivity (Wildman–Crippen MR) is 87.4 cm³/mol. The number of hydrogen-bond donors (Lipinski definition) is 1. The van der Waals surface area contributed by atoms with Crippen LogP contribution < -0.4 is 5.73 Å². The van der Waals surface area contributed by atoms with E-state index >= 15 is 0 Å². The maximum absolute atomic E-state index is 6.02. The molecule has 0 aliphatic rings. The summed E-state index contributed by atoms with van der Waals surface area (Å²) in [7, 11) is 2.18. The summed E-state index contributed by atoms with van der Waals surface area (Å²) in [5, 5.41) is 0. The number of rotatable bonds is 6. The van der Waals surface area contributed by atoms with Gasteiger partial charge in [0.2, 0.25) is 0 Å². The SMILES string of the molecule is Cc1ccc(C(CN)N(C)C(C)CC(C)C)c(Br)c1. The van der Waals surface area contributed by atoms with Crippen molar-refractivity contribution in [3.05, 3.63) is 33.8 Å². The zero-order chi connectivity index (χ0) is 14.6. The van der Waals surface area contributed by atoms with Gasteiger partial charge < -0.3 is 5.73 Å². The van der Waals surface area contributed by atoms with Crippen LogP contribution in [0.15, 0.2) is 22.7 Å². The Hall–Kier alpha value is -0.380. The summed E-state index contributed by atoms with van der Waals surface area (Å²) in [5.41, 5.74) is 8.57. The molecule has 3 heteroatoms. The minimum atomic E-state index is 0.267. The molecule has 0 bridgehead atoms. The molecular formula is C16H27BrN2. The third-order valence-electron chi connectivity index (χ3n) is 3.74. The Morgan fingerprint density at radius 3 is 2.37 bits per heavy atom. The monoisotopic (exact) mass is 326 g/mol. The first-order valence-electron chi connectivity index (χ1n) is 7.04. The lowest BCUT2D eigenvalue weighted by atomic mass is 9.99. The van der Waals surface area contributed by atoms with E-state index in [1.165, 1.54) is 17.5 Å². The molecule has 1 aromatic carbocycles. The maximum atomic E-state index is 6.02. The quantitative estimate of drug-likeness (QED) is 0.851. The fourth-order valence-corrected chi connectivity index (χ4v) is 3.33. The molecule has 0 aliphatic heterocycles. The Morgan fingerprint density at radius 1 is 1.26 bits per heavy atom. The van der Waals surface area contributed by atoms with Gasteiger partial charge in [-0.15, -0.1) is 0 Å². The van der Waals surface area contributed by atoms with E-state index in [9.17, 15) is 0 Å². The molecule has 2 unspecified atom stereocenters. The van der Waals surface area contributed by atoms with E-state index < -0.39 is 0 Å². The van der Waals surface area contributed by atoms with Crippen molar-refractivity contribution in [3.8, 4) is 0 Å². The molecule has 0 aliphatic carbocycles. The van der Waals surface area contributed by atoms with Crippen molar-refractivity contribution >= 4 is 15.9 Å². The highest BCUT2D eigenvalue weighted by molar-refractivity contribution is 9.10. The molecular weight excluding hydrogens is 300 g/mol. The van der Waals surface area contributed by atoms with E-state index in [-0.39, 0.29) is 6.04 Å². The summed E-state index contributed by atoms with van der Waals surface area (Å²) < 4.78 is 1.16. The van der Waals surface area contributed by atoms with Crippen LogP contribution in [0.1, 0.15) is 44.4 Å². The lowest BCUT2D eigenvalue weighted by molar-refractivity contribution is 0.168. The number of halogens is 1. The Labute approximate surface area is 126 Å². The Bertz CT molecular complexity index is 404. The molecule has 0 aromatic heterocycles. The fourth-order valence-electron chi connectivity index (χ4n) is 2.57. The number of nitrogens with two attached hydrogens (primary N) is 1. The van der Waals surface area contributed by atoms with Gasteiger partial charge in [-0.1, -0.05) is 41.9 Å². The highest BCUT2D eigenvalue weighted by Crippen LogP contribution is 2.29. The van der Waals surface area contributed by atoms with Crippen LogP contribution in [0.4, 0.5) is 0 Å². The number of aryl methyl sites for hydroxylation is 1. The van der Waals surface area contributed by atoms with Gasteiger partial charge in [0.1, 0.15) is 0 Å². The maximum Gasteiger partial charge on any atom is 0.0481 e. The summed E-state index contributed by atoms with van der Waals surface area (Å²) in [6.45, 7) is 9.57. The molecule has 0 spiro atoms. The van der Waals surface area contributed by atoms with Crippen molar-refractivity contribution in [2.24, 2.45) is 11.7 Å². The van der Waals surface area contributed by atoms with Gasteiger partial charge in [-0.3, -0.25) is 4.90 Å². The van der Waals surface area contributed by atoms with Crippen molar-refractivity contribution in [3.63, 3.8) is 0 Å². The first kappa shape index (κ1) is 16.7. The van der Waals surface area contributed by atoms with E-state index in [0.717, 1.165) is 4.47 Å². The lowest BCUT2D eigenvalue weighted by Gasteiger charge is -2.34. The summed E-state index contributed by atoms with van der Waals surface area (Å²) in [6.07, 6.45) is 1.19. The van der Waals surface area contributed by atoms with E-state index in [1.807, 2.05) is 0 Å². The zero-order valence-corrected chi connectivity index (χ0v) is 14.4. The highest BCUT2D eigenvalue weighted by atomic mass is 79.9. The van der Waals surface area contributed by atoms with Crippen molar-refractivity contribution in [1.29, 1.82) is 0 Å². The van der Waals surface area contributed by atoms with Crippen molar-refractivity contribution in [2.75, 3.05) is 13.6 Å². The molecule has 0 heterocycles. The average Bonchev–Trinajstić information content (AvgIpc) is 2.31. The van der Waals surface area contributed by atoms with Crippen molar-refractivity contribution in [1.82, 2.24) is 4.90 Å². The van der Waals surface area contributed by atoms with Gasteiger partial charge >= 0.3 is 0 Å². The van der Waals surface area contributed by atoms with Crippen LogP contribution in [-0.4, -0.2) is 24.5 Å². The summed E-state index contributed by atoms with van der Waals surface area (Å²) in [6, 6.07) is 7.31. The summed E-state index contributed by atoms with van der Waals surface area (Å²) in [5.74, 6) is 0.706. The Balaban J connectivity index is 2.93. The third-order valence-corrected chi connectivity index (χ3v) is 4.42. The molecule has 0 saturated carbocycles. The van der Waals surface area contributed by atoms with Gasteiger partial charge in [-0.25, -0.2) is 0 Å². The molecule has 1 aromatic rings. The predicted octanol–water partition coefficient (Wildman–Crippen LogP) is 4.12. The topological polar surface area (TPSA) is 29.3 Å². The van der Waals surface area contributed by atoms with Crippen LogP contribution in [-0.2, 0) is 0 Å². The van der Waals surface area contributed by atoms with E-state index in [4.69, 9.17) is 5.73 Å². The molecule has 0 fully saturated rings. The van der Waals surface area contributed by atoms with Gasteiger partial charge in [0.05, 0.1) is 0 Å². The van der Waals surface area contributed by atoms with Crippen LogP contribution in [0.3, 0.4) is 0 Å². The normalized spacial score (nSPS) is 15.0. The van der Waals surface area contributed by atoms with Gasteiger partial charge in [-0.2, -0.15) is 0 Å². The number of hydrogen-bond acceptors (Lipinski definition) is 2. The van der Waals surface area contributed by atoms with Gasteiger partial charge in [0.15, 0.2) is 0 Å². The van der Waals surface area contributed by atoms with Crippen molar-refractivity contribution in [2.45, 2.75) is 46.2 Å². The Kier molecular flexibility index (Phi) is 6.51. The minimum absolute atomic E-state index is 0.267. The summed E-state index contributed by atoms with van der Waals surface area (Å²) in [4.78, 5) is 2.40. The first-order valence-corrected chi connectivity index (χ1v) is 7.84. The molecule has 0 amide bonds. The number of benzene rings is 1. The second kappa shape index (κ2) is 7.41. The van der Waals surface area contributed by atoms with E-state index in [2.05, 4.69) is 73.8 Å². The molecule has 0 saturated heterocycles. The number of likely N-dealkylation sites (N-methyl/N-ethyl adjacent to an activating group) is 1. The lowest BCUT2D eigenvalue weighted by Crippen LogP contribution is -2.37. The van der Waals surface area contributed by atoms with Gasteiger partial charge in [0.25, 0.3) is 0 Å². The minimum Gasteiger partial charge on any atom is -0.329 e. The second-order valence-corrected chi connectivity index (χ2v) is 6.77. The van der Waals surface area contributed by atoms with Crippen molar-refractivity contribution < 1.29 is 0 Å². The molecule has 0 radical (unpaired) electrons. The van der Waals surface area contributed by atoms with E-state index in [1.54, 1.807) is 0 Å². The van der Waals surface area contributed by atoms with Crippen LogP contribution in [0.2, 0.25) is 0 Å². The van der Waals surface area contributed by atoms with Crippen LogP contribution >= 0.6 is 15.9 Å².